The number of aliphatic hydroxyl groups excluding tert-OH is 1. The summed E-state index contributed by atoms with van der Waals surface area (Å²) in [5.41, 5.74) is 6.63. The highest BCUT2D eigenvalue weighted by Crippen LogP contribution is 2.29. The number of aliphatic hydroxyl groups is 1. The molecule has 4 N–H and O–H groups in total. The van der Waals surface area contributed by atoms with Crippen LogP contribution in [0, 0.1) is 0 Å². The SMILES string of the molecule is N[C@H](CO)c1ccc(O)c2ccccc12. The first-order valence-corrected chi connectivity index (χ1v) is 4.81. The van der Waals surface area contributed by atoms with Crippen LogP contribution < -0.4 is 5.73 Å². The Morgan fingerprint density at radius 2 is 1.73 bits per heavy atom. The van der Waals surface area contributed by atoms with Gasteiger partial charge in [0.05, 0.1) is 12.6 Å². The lowest BCUT2D eigenvalue weighted by molar-refractivity contribution is 0.268. The van der Waals surface area contributed by atoms with Gasteiger partial charge in [-0.1, -0.05) is 30.3 Å². The lowest BCUT2D eigenvalue weighted by Crippen LogP contribution is -2.14. The summed E-state index contributed by atoms with van der Waals surface area (Å²) in [6.45, 7) is -0.102. The van der Waals surface area contributed by atoms with Gasteiger partial charge in [-0.25, -0.2) is 0 Å². The molecule has 3 heteroatoms. The van der Waals surface area contributed by atoms with Crippen molar-refractivity contribution in [2.75, 3.05) is 6.61 Å². The first kappa shape index (κ1) is 9.96. The van der Waals surface area contributed by atoms with Gasteiger partial charge in [-0.15, -0.1) is 0 Å². The molecule has 0 aliphatic rings. The number of phenolic OH excluding ortho intramolecular Hbond substituents is 1. The van der Waals surface area contributed by atoms with Crippen LogP contribution in [0.25, 0.3) is 10.8 Å². The van der Waals surface area contributed by atoms with Gasteiger partial charge in [0.2, 0.25) is 0 Å². The highest BCUT2D eigenvalue weighted by atomic mass is 16.3. The molecule has 78 valence electrons. The molecular weight excluding hydrogens is 190 g/mol. The lowest BCUT2D eigenvalue weighted by Gasteiger charge is -2.12. The van der Waals surface area contributed by atoms with Gasteiger partial charge in [-0.3, -0.25) is 0 Å². The Labute approximate surface area is 87.8 Å². The molecule has 0 bridgehead atoms. The Kier molecular flexibility index (Phi) is 2.58. The third-order valence-corrected chi connectivity index (χ3v) is 2.53. The first-order chi connectivity index (χ1) is 7.24. The van der Waals surface area contributed by atoms with E-state index in [0.29, 0.717) is 0 Å². The molecule has 0 spiro atoms. The van der Waals surface area contributed by atoms with Crippen molar-refractivity contribution in [3.05, 3.63) is 42.0 Å². The van der Waals surface area contributed by atoms with Crippen LogP contribution in [0.3, 0.4) is 0 Å². The van der Waals surface area contributed by atoms with E-state index >= 15 is 0 Å². The maximum Gasteiger partial charge on any atom is 0.123 e. The fourth-order valence-electron chi connectivity index (χ4n) is 1.73. The fraction of sp³-hybridized carbons (Fsp3) is 0.167. The second-order valence-corrected chi connectivity index (χ2v) is 3.51. The molecule has 3 nitrogen and oxygen atoms in total. The molecule has 0 fully saturated rings. The predicted molar refractivity (Wildman–Crippen MR) is 59.6 cm³/mol. The Balaban J connectivity index is 2.71. The van der Waals surface area contributed by atoms with Crippen molar-refractivity contribution in [2.45, 2.75) is 6.04 Å². The van der Waals surface area contributed by atoms with Crippen molar-refractivity contribution in [3.8, 4) is 5.75 Å². The van der Waals surface area contributed by atoms with Crippen molar-refractivity contribution >= 4 is 10.8 Å². The van der Waals surface area contributed by atoms with Gasteiger partial charge >= 0.3 is 0 Å². The third-order valence-electron chi connectivity index (χ3n) is 2.53. The molecule has 0 saturated carbocycles. The number of fused-ring (bicyclic) bond motifs is 1. The van der Waals surface area contributed by atoms with Crippen LogP contribution in [0.5, 0.6) is 5.75 Å². The number of rotatable bonds is 2. The Hall–Kier alpha value is -1.58. The van der Waals surface area contributed by atoms with Gasteiger partial charge in [-0.2, -0.15) is 0 Å². The topological polar surface area (TPSA) is 66.5 Å². The summed E-state index contributed by atoms with van der Waals surface area (Å²) in [4.78, 5) is 0. The van der Waals surface area contributed by atoms with Crippen molar-refractivity contribution in [3.63, 3.8) is 0 Å². The number of hydrogen-bond donors (Lipinski definition) is 3. The number of benzene rings is 2. The van der Waals surface area contributed by atoms with Crippen molar-refractivity contribution in [1.29, 1.82) is 0 Å². The highest BCUT2D eigenvalue weighted by Gasteiger charge is 2.10. The highest BCUT2D eigenvalue weighted by molar-refractivity contribution is 5.91. The quantitative estimate of drug-likeness (QED) is 0.693. The second kappa shape index (κ2) is 3.88. The summed E-state index contributed by atoms with van der Waals surface area (Å²) in [6, 6.07) is 10.4. The van der Waals surface area contributed by atoms with E-state index < -0.39 is 6.04 Å². The molecule has 2 aromatic rings. The minimum atomic E-state index is -0.407. The smallest absolute Gasteiger partial charge is 0.123 e. The van der Waals surface area contributed by atoms with E-state index in [9.17, 15) is 5.11 Å². The Bertz CT molecular complexity index is 482. The molecule has 0 aromatic heterocycles. The largest absolute Gasteiger partial charge is 0.507 e. The average Bonchev–Trinajstić information content (AvgIpc) is 2.29. The molecule has 0 aliphatic carbocycles. The monoisotopic (exact) mass is 203 g/mol. The molecule has 0 unspecified atom stereocenters. The van der Waals surface area contributed by atoms with Gasteiger partial charge in [0, 0.05) is 5.39 Å². The van der Waals surface area contributed by atoms with Crippen molar-refractivity contribution < 1.29 is 10.2 Å². The van der Waals surface area contributed by atoms with Crippen LogP contribution in [0.1, 0.15) is 11.6 Å². The molecule has 0 amide bonds. The number of hydrogen-bond acceptors (Lipinski definition) is 3. The zero-order chi connectivity index (χ0) is 10.8. The van der Waals surface area contributed by atoms with E-state index in [1.807, 2.05) is 24.3 Å². The number of aromatic hydroxyl groups is 1. The summed E-state index contributed by atoms with van der Waals surface area (Å²) in [5.74, 6) is 0.236. The maximum atomic E-state index is 9.65. The third kappa shape index (κ3) is 1.67. The standard InChI is InChI=1S/C12H13NO2/c13-11(7-14)9-5-6-12(15)10-4-2-1-3-8(9)10/h1-6,11,14-15H,7,13H2/t11-/m1/s1. The molecule has 2 aromatic carbocycles. The van der Waals surface area contributed by atoms with Gasteiger partial charge in [-0.05, 0) is 17.0 Å². The lowest BCUT2D eigenvalue weighted by atomic mass is 9.99. The Morgan fingerprint density at radius 3 is 2.40 bits per heavy atom. The molecule has 0 radical (unpaired) electrons. The van der Waals surface area contributed by atoms with Crippen molar-refractivity contribution in [2.24, 2.45) is 5.73 Å². The predicted octanol–water partition coefficient (Wildman–Crippen LogP) is 1.54. The fourth-order valence-corrected chi connectivity index (χ4v) is 1.73. The molecule has 1 atom stereocenters. The summed E-state index contributed by atoms with van der Waals surface area (Å²) >= 11 is 0. The number of nitrogens with two attached hydrogens (primary N) is 1. The minimum Gasteiger partial charge on any atom is -0.507 e. The van der Waals surface area contributed by atoms with E-state index in [2.05, 4.69) is 0 Å². The van der Waals surface area contributed by atoms with Crippen molar-refractivity contribution in [1.82, 2.24) is 0 Å². The number of phenols is 1. The zero-order valence-corrected chi connectivity index (χ0v) is 8.22. The molecule has 0 aliphatic heterocycles. The van der Waals surface area contributed by atoms with E-state index in [0.717, 1.165) is 16.3 Å². The first-order valence-electron chi connectivity index (χ1n) is 4.81. The van der Waals surface area contributed by atoms with Crippen LogP contribution >= 0.6 is 0 Å². The van der Waals surface area contributed by atoms with Gasteiger partial charge in [0.25, 0.3) is 0 Å². The van der Waals surface area contributed by atoms with Crippen LogP contribution in [0.2, 0.25) is 0 Å². The molecule has 15 heavy (non-hydrogen) atoms. The molecule has 0 saturated heterocycles. The molecule has 2 rings (SSSR count). The minimum absolute atomic E-state index is 0.102. The molecule has 0 heterocycles. The van der Waals surface area contributed by atoms with E-state index in [4.69, 9.17) is 10.8 Å². The van der Waals surface area contributed by atoms with Crippen LogP contribution in [0.4, 0.5) is 0 Å². The zero-order valence-electron chi connectivity index (χ0n) is 8.22. The van der Waals surface area contributed by atoms with Gasteiger partial charge < -0.3 is 15.9 Å². The normalized spacial score (nSPS) is 12.9. The Morgan fingerprint density at radius 1 is 1.07 bits per heavy atom. The summed E-state index contributed by atoms with van der Waals surface area (Å²) < 4.78 is 0. The summed E-state index contributed by atoms with van der Waals surface area (Å²) in [6.07, 6.45) is 0. The maximum absolute atomic E-state index is 9.65. The van der Waals surface area contributed by atoms with E-state index in [1.54, 1.807) is 12.1 Å². The average molecular weight is 203 g/mol. The van der Waals surface area contributed by atoms with Crippen LogP contribution in [0.15, 0.2) is 36.4 Å². The summed E-state index contributed by atoms with van der Waals surface area (Å²) in [5, 5.41) is 20.3. The molecular formula is C12H13NO2. The van der Waals surface area contributed by atoms with Crippen LogP contribution in [-0.2, 0) is 0 Å². The van der Waals surface area contributed by atoms with Gasteiger partial charge in [0.15, 0.2) is 0 Å². The van der Waals surface area contributed by atoms with Crippen LogP contribution in [-0.4, -0.2) is 16.8 Å². The second-order valence-electron chi connectivity index (χ2n) is 3.51. The summed E-state index contributed by atoms with van der Waals surface area (Å²) in [7, 11) is 0. The van der Waals surface area contributed by atoms with E-state index in [1.165, 1.54) is 0 Å². The van der Waals surface area contributed by atoms with Gasteiger partial charge in [0.1, 0.15) is 5.75 Å². The van der Waals surface area contributed by atoms with E-state index in [-0.39, 0.29) is 12.4 Å².